The summed E-state index contributed by atoms with van der Waals surface area (Å²) in [5, 5.41) is 19.2. The van der Waals surface area contributed by atoms with Gasteiger partial charge in [-0.1, -0.05) is 518 Å². The molecule has 0 N–H and O–H groups in total. The summed E-state index contributed by atoms with van der Waals surface area (Å²) in [4.78, 5) is 9.28. The Balaban J connectivity index is -0.000000290. The number of para-hydroxylation sites is 2. The van der Waals surface area contributed by atoms with Gasteiger partial charge in [0, 0.05) is 65.4 Å². The molecule has 0 saturated carbocycles. The van der Waals surface area contributed by atoms with Gasteiger partial charge in [-0.2, -0.15) is 83.2 Å². The van der Waals surface area contributed by atoms with Crippen molar-refractivity contribution in [1.29, 1.82) is 0 Å². The molecule has 0 aliphatic carbocycles. The molecule has 0 aliphatic rings. The second-order valence-electron chi connectivity index (χ2n) is 43.7. The van der Waals surface area contributed by atoms with E-state index in [1.54, 1.807) is 22.7 Å². The second-order valence-corrected chi connectivity index (χ2v) is 45.9. The Morgan fingerprint density at radius 2 is 0.596 bits per heavy atom. The van der Waals surface area contributed by atoms with E-state index < -0.39 is 0 Å². The van der Waals surface area contributed by atoms with Gasteiger partial charge < -0.3 is 0 Å². The number of nitrogens with zero attached hydrogens (tertiary/aromatic N) is 6. The quantitative estimate of drug-likeness (QED) is 0.0864. The first-order valence-corrected chi connectivity index (χ1v) is 53.0. The van der Waals surface area contributed by atoms with Crippen molar-refractivity contribution in [2.75, 3.05) is 0 Å². The van der Waals surface area contributed by atoms with E-state index in [1.165, 1.54) is 59.5 Å². The Bertz CT molecular complexity index is 5040. The van der Waals surface area contributed by atoms with Crippen LogP contribution in [-0.4, -0.2) is 9.97 Å². The number of fused-ring (bicyclic) bond motifs is 2. The predicted molar refractivity (Wildman–Crippen MR) is 639 cm³/mol. The third-order valence-corrected chi connectivity index (χ3v) is 19.2. The van der Waals surface area contributed by atoms with E-state index in [1.807, 2.05) is 198 Å². The number of allylic oxidation sites excluding steroid dienone is 2. The van der Waals surface area contributed by atoms with E-state index >= 15 is 0 Å². The molecule has 0 fully saturated rings. The number of thiazole rings is 2. The van der Waals surface area contributed by atoms with Crippen molar-refractivity contribution in [2.24, 2.45) is 49.5 Å². The first-order valence-electron chi connectivity index (χ1n) is 51.4. The van der Waals surface area contributed by atoms with Gasteiger partial charge in [-0.25, -0.2) is 20.2 Å². The molecule has 141 heavy (non-hydrogen) atoms. The van der Waals surface area contributed by atoms with Crippen LogP contribution in [-0.2, 0) is 103 Å². The molecule has 10 heteroatoms. The van der Waals surface area contributed by atoms with Crippen LogP contribution in [0.15, 0.2) is 269 Å². The monoisotopic (exact) mass is 2100 g/mol. The maximum absolute atomic E-state index is 4.72. The summed E-state index contributed by atoms with van der Waals surface area (Å²) in [5.41, 5.74) is 20.5. The van der Waals surface area contributed by atoms with Crippen LogP contribution in [0.4, 0.5) is 22.7 Å². The molecule has 0 bridgehead atoms. The van der Waals surface area contributed by atoms with Gasteiger partial charge in [0.1, 0.15) is 10.0 Å². The molecule has 2 aromatic heterocycles. The van der Waals surface area contributed by atoms with Crippen molar-refractivity contribution in [3.8, 4) is 0 Å². The fourth-order valence-corrected chi connectivity index (χ4v) is 12.8. The Morgan fingerprint density at radius 3 is 0.894 bits per heavy atom. The van der Waals surface area contributed by atoms with Gasteiger partial charge >= 0.3 is 0 Å². The summed E-state index contributed by atoms with van der Waals surface area (Å²) in [5.74, 6) is 3.33. The summed E-state index contributed by atoms with van der Waals surface area (Å²) in [6, 6.07) is 86.6. The molecule has 0 saturated heterocycles. The molecule has 0 aliphatic heterocycles. The molecule has 2 heterocycles. The van der Waals surface area contributed by atoms with E-state index in [0.29, 0.717) is 16.2 Å². The molecule has 0 unspecified atom stereocenters. The van der Waals surface area contributed by atoms with E-state index in [4.69, 9.17) is 4.98 Å². The predicted octanol–water partition coefficient (Wildman–Crippen LogP) is 45.0. The third kappa shape index (κ3) is 72.3. The van der Waals surface area contributed by atoms with Gasteiger partial charge in [-0.05, 0) is 163 Å². The number of hydrogen-bond donors (Lipinski definition) is 0. The van der Waals surface area contributed by atoms with Crippen LogP contribution in [0.1, 0.15) is 410 Å². The standard InChI is InChI=1S/C23H27NS.C21H26N2.C17H18N2.C15H11NS.2C10H14.C5H12.4C4H10.C4H8.5C2H6.2Y/c1-22(2,3)17-11-9-10-16(21(17)23(4,5)6)14-15-20-24-18-12-7-8-13-19(18)25-20;1-15-10-8-9-11-19(15)23-22-16-12-13-17(20(2,3)4)18(14-16)21(5,6)7;1-13-7-5-6-8-16(13)19-18-15-11-9-14(10-12-15)17(2,3)4;1-2-6-12(7-3-1)10-11-15-16-13-8-4-5-9-14(13)17-15;2*1-10(2,3)9-7-5-4-6-8-9;1-5(2,3)4;4*1-4(2)3;1-3-4-2;5*1-2;;/h7-15H,1-6H3;8-11,13-14H,1H2,2-7H3;5-11H,1H2,2-4H3;1-11H;2*4-8H,1-3H3;1-4H3;4*4H,1-3H3;3-4H,1-2H3;5*1-2H3;;/q;2*-2;;;;;;;;;;;;;;;;/b15-14+;;;11-10+;;;;;;;;4-3+;;;;;;;. The fraction of sp³-hybridized carbons (Fsp3) is 0.466. The molecule has 776 valence electrons. The molecule has 12 aromatic rings. The smallest absolute Gasteiger partial charge is 0.117 e. The molecule has 0 spiro atoms. The zero-order valence-electron chi connectivity index (χ0n) is 98.9. The van der Waals surface area contributed by atoms with Crippen LogP contribution < -0.4 is 0 Å². The summed E-state index contributed by atoms with van der Waals surface area (Å²) in [7, 11) is 0. The topological polar surface area (TPSA) is 75.2 Å². The fourth-order valence-electron chi connectivity index (χ4n) is 11.0. The summed E-state index contributed by atoms with van der Waals surface area (Å²) >= 11 is 3.46. The normalized spacial score (nSPS) is 10.9. The van der Waals surface area contributed by atoms with E-state index in [2.05, 4.69) is 465 Å². The SMILES string of the molecule is C(=C\c1nc2ccccc2s1)/c1ccccc1.C/C=C/C.CC.CC.CC.CC.CC.CC(C)(C)C.CC(C)(C)c1cccc(/C=C/c2nc3ccccc3s2)c1C(C)(C)C.CC(C)(C)c1ccccc1.CC(C)(C)c1ccccc1.CC(C)C.CC(C)C.CC(C)C.CC(C)C.[CH2-]c1ccccc1N=Nc1[c-]cc(C(C)(C)C)c(C(C)(C)C)c1.[CH2-]c1ccccc1N=Nc1[c-]cc(C(C)(C)C)cc1.[Y].[Y]. The molecule has 0 atom stereocenters. The molecular weight excluding hydrogens is 1900 g/mol. The minimum Gasteiger partial charge on any atom is -0.237 e. The summed E-state index contributed by atoms with van der Waals surface area (Å²) in [6.45, 7) is 114. The van der Waals surface area contributed by atoms with Crippen LogP contribution in [0.3, 0.4) is 0 Å². The van der Waals surface area contributed by atoms with Crippen molar-refractivity contribution < 1.29 is 65.4 Å². The Hall–Kier alpha value is -7.65. The minimum atomic E-state index is 0. The van der Waals surface area contributed by atoms with Crippen molar-refractivity contribution in [1.82, 2.24) is 9.97 Å². The summed E-state index contributed by atoms with van der Waals surface area (Å²) in [6.07, 6.45) is 12.5. The van der Waals surface area contributed by atoms with Crippen molar-refractivity contribution in [3.63, 3.8) is 0 Å². The molecule has 2 radical (unpaired) electrons. The first-order chi connectivity index (χ1) is 64.7. The van der Waals surface area contributed by atoms with Gasteiger partial charge in [0.15, 0.2) is 0 Å². The van der Waals surface area contributed by atoms with Gasteiger partial charge in [0.05, 0.1) is 20.4 Å². The van der Waals surface area contributed by atoms with Crippen LogP contribution in [0.2, 0.25) is 0 Å². The van der Waals surface area contributed by atoms with E-state index in [9.17, 15) is 0 Å². The maximum Gasteiger partial charge on any atom is 0.117 e. The maximum atomic E-state index is 4.72. The van der Waals surface area contributed by atoms with E-state index in [0.717, 1.165) is 78.6 Å². The first kappa shape index (κ1) is 146. The molecule has 6 nitrogen and oxygen atoms in total. The van der Waals surface area contributed by atoms with Gasteiger partial charge in [0.2, 0.25) is 0 Å². The molecular formula is C131H200N6S2Y2-4. The number of aromatic nitrogens is 2. The summed E-state index contributed by atoms with van der Waals surface area (Å²) < 4.78 is 2.47. The van der Waals surface area contributed by atoms with Gasteiger partial charge in [0.25, 0.3) is 0 Å². The molecule has 10 aromatic carbocycles. The number of rotatable bonds is 8. The average Bonchev–Trinajstić information content (AvgIpc) is 1.52. The Morgan fingerprint density at radius 1 is 0.291 bits per heavy atom. The van der Waals surface area contributed by atoms with Crippen LogP contribution in [0, 0.1) is 55.1 Å². The minimum absolute atomic E-state index is 0. The van der Waals surface area contributed by atoms with Crippen LogP contribution >= 0.6 is 22.7 Å². The molecule has 0 amide bonds. The zero-order valence-corrected chi connectivity index (χ0v) is 106. The van der Waals surface area contributed by atoms with Crippen molar-refractivity contribution >= 4 is 90.2 Å². The molecule has 12 rings (SSSR count). The van der Waals surface area contributed by atoms with Gasteiger partial charge in [-0.15, -0.1) is 58.1 Å². The zero-order chi connectivity index (χ0) is 108. The third-order valence-electron chi connectivity index (χ3n) is 17.2. The Labute approximate surface area is 929 Å². The second kappa shape index (κ2) is 78.7. The number of azo groups is 2. The van der Waals surface area contributed by atoms with Gasteiger partial charge in [-0.3, -0.25) is 0 Å². The number of benzene rings is 10. The van der Waals surface area contributed by atoms with Crippen molar-refractivity contribution in [3.05, 3.63) is 346 Å². The van der Waals surface area contributed by atoms with Crippen LogP contribution in [0.25, 0.3) is 44.7 Å². The number of hydrogen-bond acceptors (Lipinski definition) is 8. The van der Waals surface area contributed by atoms with Crippen LogP contribution in [0.5, 0.6) is 0 Å². The van der Waals surface area contributed by atoms with Crippen molar-refractivity contribution in [2.45, 2.75) is 377 Å². The van der Waals surface area contributed by atoms with E-state index in [-0.39, 0.29) is 92.5 Å². The largest absolute Gasteiger partial charge is 0.237 e. The Kier molecular flexibility index (Phi) is 81.6. The average molecular weight is 2100 g/mol.